The molecule has 10 heteroatoms. The van der Waals surface area contributed by atoms with Crippen molar-refractivity contribution in [3.63, 3.8) is 0 Å². The zero-order chi connectivity index (χ0) is 10.4. The Kier molecular flexibility index (Phi) is 18.7. The summed E-state index contributed by atoms with van der Waals surface area (Å²) in [6.45, 7) is 0. The quantitative estimate of drug-likeness (QED) is 0.255. The SMILES string of the molecule is I[As](I)C[As](I)C[As](I)C[As](I)I. The number of halogens is 6. The van der Waals surface area contributed by atoms with Crippen molar-refractivity contribution >= 4 is 159 Å². The van der Waals surface area contributed by atoms with E-state index in [9.17, 15) is 0 Å². The van der Waals surface area contributed by atoms with Crippen LogP contribution < -0.4 is 0 Å². The molecule has 0 amide bonds. The van der Waals surface area contributed by atoms with E-state index in [2.05, 4.69) is 121 Å². The van der Waals surface area contributed by atoms with Gasteiger partial charge in [-0.2, -0.15) is 0 Å². The summed E-state index contributed by atoms with van der Waals surface area (Å²) in [5.74, 6) is 0. The number of rotatable bonds is 6. The van der Waals surface area contributed by atoms with E-state index < -0.39 is 0 Å². The zero-order valence-corrected chi connectivity index (χ0v) is 26.6. The molecule has 0 heterocycles. The molecule has 0 aromatic carbocycles. The maximum absolute atomic E-state index is 2.83. The van der Waals surface area contributed by atoms with Crippen LogP contribution in [0.15, 0.2) is 0 Å². The summed E-state index contributed by atoms with van der Waals surface area (Å²) in [6, 6.07) is 0. The van der Waals surface area contributed by atoms with Crippen molar-refractivity contribution in [2.45, 2.75) is 12.0 Å². The third-order valence-corrected chi connectivity index (χ3v) is 88.3. The summed E-state index contributed by atoms with van der Waals surface area (Å²) in [5, 5.41) is 0. The Morgan fingerprint density at radius 1 is 0.538 bits per heavy atom. The van der Waals surface area contributed by atoms with Crippen molar-refractivity contribution in [3.05, 3.63) is 0 Å². The molecule has 0 fully saturated rings. The third-order valence-electron chi connectivity index (χ3n) is 0.828. The molecule has 0 aromatic heterocycles. The Labute approximate surface area is 165 Å². The predicted molar refractivity (Wildman–Crippen MR) is 122 cm³/mol. The Morgan fingerprint density at radius 2 is 0.846 bits per heavy atom. The van der Waals surface area contributed by atoms with Crippen LogP contribution in [0.25, 0.3) is 0 Å². The van der Waals surface area contributed by atoms with E-state index >= 15 is 0 Å². The molecule has 0 aliphatic rings. The van der Waals surface area contributed by atoms with Crippen molar-refractivity contribution in [1.29, 1.82) is 0 Å². The van der Waals surface area contributed by atoms with Gasteiger partial charge in [0, 0.05) is 0 Å². The molecule has 0 nitrogen and oxygen atoms in total. The summed E-state index contributed by atoms with van der Waals surface area (Å²) in [7, 11) is -0.713. The van der Waals surface area contributed by atoms with E-state index in [1.165, 1.54) is 0 Å². The van der Waals surface area contributed by atoms with Gasteiger partial charge in [0.25, 0.3) is 0 Å². The Balaban J connectivity index is 3.58. The molecule has 0 aliphatic carbocycles. The normalized spacial score (nSPS) is 16.6. The summed E-state index contributed by atoms with van der Waals surface area (Å²) in [4.78, 5) is 0. The minimum absolute atomic E-state index is 0.347. The van der Waals surface area contributed by atoms with Crippen LogP contribution >= 0.6 is 121 Å². The first kappa shape index (κ1) is 19.6. The molecule has 0 rings (SSSR count). The van der Waals surface area contributed by atoms with Gasteiger partial charge in [-0.05, 0) is 0 Å². The molecule has 80 valence electrons. The van der Waals surface area contributed by atoms with Crippen molar-refractivity contribution < 1.29 is 0 Å². The topological polar surface area (TPSA) is 0 Å². The average Bonchev–Trinajstić information content (AvgIpc) is 1.80. The summed E-state index contributed by atoms with van der Waals surface area (Å²) < 4.78 is 5.10. The van der Waals surface area contributed by atoms with Crippen LogP contribution in [-0.2, 0) is 0 Å². The molecule has 0 aliphatic heterocycles. The Bertz CT molecular complexity index is 119. The number of hydrogen-bond donors (Lipinski definition) is 0. The molecular weight excluding hydrogens is 1100 g/mol. The van der Waals surface area contributed by atoms with Crippen LogP contribution in [0, 0.1) is 0 Å². The second-order valence-electron chi connectivity index (χ2n) is 1.96. The fraction of sp³-hybridized carbons (Fsp3) is 1.00. The molecule has 0 saturated carbocycles. The maximum atomic E-state index is 2.83. The second kappa shape index (κ2) is 12.4. The molecule has 0 N–H and O–H groups in total. The molecule has 2 unspecified atom stereocenters. The Hall–Kier alpha value is 6.61. The molecule has 0 bridgehead atoms. The predicted octanol–water partition coefficient (Wildman–Crippen LogP) is 5.17. The molecule has 0 spiro atoms. The van der Waals surface area contributed by atoms with Crippen LogP contribution in [-0.4, -0.2) is 38.5 Å². The molecule has 13 heavy (non-hydrogen) atoms. The third kappa shape index (κ3) is 14.8. The van der Waals surface area contributed by atoms with Gasteiger partial charge in [-0.15, -0.1) is 0 Å². The van der Waals surface area contributed by atoms with E-state index in [4.69, 9.17) is 0 Å². The van der Waals surface area contributed by atoms with Gasteiger partial charge in [-0.1, -0.05) is 0 Å². The van der Waals surface area contributed by atoms with Crippen LogP contribution in [0.2, 0.25) is 12.0 Å². The second-order valence-corrected chi connectivity index (χ2v) is 77.0. The van der Waals surface area contributed by atoms with Crippen molar-refractivity contribution in [1.82, 2.24) is 0 Å². The molecule has 0 radical (unpaired) electrons. The standard InChI is InChI=1S/C3H6As4I6/c8-4(2-6(10)11)1-5(9)3-7(12)13/h1-3H2. The average molecular weight is 1100 g/mol. The van der Waals surface area contributed by atoms with E-state index in [-0.39, 0.29) is 38.5 Å². The van der Waals surface area contributed by atoms with E-state index in [0.29, 0.717) is 0 Å². The summed E-state index contributed by atoms with van der Waals surface area (Å²) >= 11 is 15.8. The van der Waals surface area contributed by atoms with Gasteiger partial charge in [-0.3, -0.25) is 0 Å². The first-order valence-corrected chi connectivity index (χ1v) is 45.2. The van der Waals surface area contributed by atoms with Crippen LogP contribution in [0.4, 0.5) is 0 Å². The first-order chi connectivity index (χ1) is 5.91. The minimum atomic E-state index is -0.357. The zero-order valence-electron chi connectivity index (χ0n) is 6.18. The first-order valence-electron chi connectivity index (χ1n) is 2.91. The van der Waals surface area contributed by atoms with Crippen LogP contribution in [0.1, 0.15) is 0 Å². The van der Waals surface area contributed by atoms with Gasteiger partial charge >= 0.3 is 171 Å². The van der Waals surface area contributed by atoms with Crippen LogP contribution in [0.3, 0.4) is 0 Å². The van der Waals surface area contributed by atoms with Crippen molar-refractivity contribution in [2.75, 3.05) is 0 Å². The fourth-order valence-electron chi connectivity index (χ4n) is 0.488. The summed E-state index contributed by atoms with van der Waals surface area (Å²) in [6.07, 6.45) is 0. The fourth-order valence-corrected chi connectivity index (χ4v) is 178. The van der Waals surface area contributed by atoms with E-state index in [0.717, 1.165) is 0 Å². The van der Waals surface area contributed by atoms with Crippen LogP contribution in [0.5, 0.6) is 0 Å². The molecule has 0 saturated heterocycles. The monoisotopic (exact) mass is 1100 g/mol. The Morgan fingerprint density at radius 3 is 1.08 bits per heavy atom. The van der Waals surface area contributed by atoms with E-state index in [1.54, 1.807) is 12.0 Å². The number of hydrogen-bond acceptors (Lipinski definition) is 0. The van der Waals surface area contributed by atoms with Gasteiger partial charge in [0.2, 0.25) is 0 Å². The van der Waals surface area contributed by atoms with Crippen molar-refractivity contribution in [2.24, 2.45) is 0 Å². The van der Waals surface area contributed by atoms with Gasteiger partial charge in [0.1, 0.15) is 0 Å². The van der Waals surface area contributed by atoms with E-state index in [1.807, 2.05) is 0 Å². The van der Waals surface area contributed by atoms with Gasteiger partial charge < -0.3 is 0 Å². The van der Waals surface area contributed by atoms with Crippen molar-refractivity contribution in [3.8, 4) is 0 Å². The summed E-state index contributed by atoms with van der Waals surface area (Å²) in [5.41, 5.74) is 0. The van der Waals surface area contributed by atoms with Gasteiger partial charge in [-0.25, -0.2) is 0 Å². The van der Waals surface area contributed by atoms with Gasteiger partial charge in [0.05, 0.1) is 0 Å². The van der Waals surface area contributed by atoms with Gasteiger partial charge in [0.15, 0.2) is 0 Å². The molecule has 2 atom stereocenters. The molecule has 0 aromatic rings. The molecular formula is C3H6As4I6.